The Bertz CT molecular complexity index is 389. The Hall–Kier alpha value is -1.34. The molecule has 0 fully saturated rings. The summed E-state index contributed by atoms with van der Waals surface area (Å²) in [5, 5.41) is 6.64. The predicted molar refractivity (Wildman–Crippen MR) is 71.8 cm³/mol. The van der Waals surface area contributed by atoms with Gasteiger partial charge < -0.3 is 15.4 Å². The molecule has 0 saturated heterocycles. The number of nitrogens with one attached hydrogen (secondary N) is 2. The van der Waals surface area contributed by atoms with Crippen LogP contribution in [0.15, 0.2) is 17.4 Å². The molecule has 2 N–H and O–H groups in total. The zero-order valence-corrected chi connectivity index (χ0v) is 11.6. The SMILES string of the molecule is COCCNC(=O)C(C)Nc1cc(SC)ncn1. The molecule has 0 saturated carbocycles. The summed E-state index contributed by atoms with van der Waals surface area (Å²) in [5.74, 6) is 0.556. The van der Waals surface area contributed by atoms with Crippen molar-refractivity contribution in [3.05, 3.63) is 12.4 Å². The molecule has 1 aromatic heterocycles. The quantitative estimate of drug-likeness (QED) is 0.433. The van der Waals surface area contributed by atoms with Gasteiger partial charge in [0.25, 0.3) is 0 Å². The summed E-state index contributed by atoms with van der Waals surface area (Å²) in [5.41, 5.74) is 0. The van der Waals surface area contributed by atoms with Crippen LogP contribution in [0.5, 0.6) is 0 Å². The molecule has 1 aromatic rings. The number of hydrogen-bond acceptors (Lipinski definition) is 6. The van der Waals surface area contributed by atoms with Gasteiger partial charge in [0, 0.05) is 19.7 Å². The first-order chi connectivity index (χ1) is 8.67. The summed E-state index contributed by atoms with van der Waals surface area (Å²) in [6.07, 6.45) is 3.41. The molecule has 0 spiro atoms. The number of hydrogen-bond donors (Lipinski definition) is 2. The van der Waals surface area contributed by atoms with Crippen molar-refractivity contribution in [1.82, 2.24) is 15.3 Å². The molecule has 100 valence electrons. The highest BCUT2D eigenvalue weighted by Crippen LogP contribution is 2.14. The van der Waals surface area contributed by atoms with Crippen molar-refractivity contribution in [3.63, 3.8) is 0 Å². The molecule has 0 aliphatic rings. The van der Waals surface area contributed by atoms with Crippen molar-refractivity contribution in [2.45, 2.75) is 18.0 Å². The molecule has 7 heteroatoms. The number of rotatable bonds is 7. The minimum Gasteiger partial charge on any atom is -0.383 e. The van der Waals surface area contributed by atoms with E-state index >= 15 is 0 Å². The second-order valence-electron chi connectivity index (χ2n) is 3.60. The van der Waals surface area contributed by atoms with Crippen LogP contribution in [0.3, 0.4) is 0 Å². The Kier molecular flexibility index (Phi) is 6.45. The highest BCUT2D eigenvalue weighted by atomic mass is 32.2. The van der Waals surface area contributed by atoms with Crippen LogP contribution in [-0.2, 0) is 9.53 Å². The molecule has 1 amide bonds. The molecule has 1 heterocycles. The monoisotopic (exact) mass is 270 g/mol. The van der Waals surface area contributed by atoms with Crippen molar-refractivity contribution in [3.8, 4) is 0 Å². The zero-order valence-electron chi connectivity index (χ0n) is 10.8. The van der Waals surface area contributed by atoms with Gasteiger partial charge in [-0.25, -0.2) is 9.97 Å². The summed E-state index contributed by atoms with van der Waals surface area (Å²) < 4.78 is 4.86. The minimum absolute atomic E-state index is 0.0867. The van der Waals surface area contributed by atoms with Gasteiger partial charge in [-0.1, -0.05) is 0 Å². The van der Waals surface area contributed by atoms with Gasteiger partial charge >= 0.3 is 0 Å². The van der Waals surface area contributed by atoms with Gasteiger partial charge in [0.15, 0.2) is 0 Å². The number of methoxy groups -OCH3 is 1. The summed E-state index contributed by atoms with van der Waals surface area (Å²) in [6, 6.07) is 1.45. The van der Waals surface area contributed by atoms with E-state index in [2.05, 4.69) is 20.6 Å². The Morgan fingerprint density at radius 1 is 1.56 bits per heavy atom. The number of thioether (sulfide) groups is 1. The average Bonchev–Trinajstić information content (AvgIpc) is 2.39. The molecule has 1 rings (SSSR count). The van der Waals surface area contributed by atoms with Gasteiger partial charge in [-0.2, -0.15) is 0 Å². The van der Waals surface area contributed by atoms with E-state index in [-0.39, 0.29) is 11.9 Å². The van der Waals surface area contributed by atoms with Gasteiger partial charge in [0.1, 0.15) is 23.2 Å². The number of amides is 1. The number of ether oxygens (including phenoxy) is 1. The first-order valence-electron chi connectivity index (χ1n) is 5.56. The summed E-state index contributed by atoms with van der Waals surface area (Å²) in [7, 11) is 1.60. The largest absolute Gasteiger partial charge is 0.383 e. The standard InChI is InChI=1S/C11H18N4O2S/c1-8(11(16)12-4-5-17-2)15-9-6-10(18-3)14-7-13-9/h6-8H,4-5H2,1-3H3,(H,12,16)(H,13,14,15). The molecule has 0 bridgehead atoms. The van der Waals surface area contributed by atoms with Crippen LogP contribution < -0.4 is 10.6 Å². The van der Waals surface area contributed by atoms with Crippen LogP contribution in [0, 0.1) is 0 Å². The molecular weight excluding hydrogens is 252 g/mol. The summed E-state index contributed by atoms with van der Waals surface area (Å²) in [6.45, 7) is 2.78. The van der Waals surface area contributed by atoms with E-state index in [0.29, 0.717) is 19.0 Å². The van der Waals surface area contributed by atoms with E-state index in [1.165, 1.54) is 18.1 Å². The number of carbonyl (C=O) groups excluding carboxylic acids is 1. The maximum Gasteiger partial charge on any atom is 0.242 e. The van der Waals surface area contributed by atoms with Crippen molar-refractivity contribution in [2.24, 2.45) is 0 Å². The maximum absolute atomic E-state index is 11.7. The fraction of sp³-hybridized carbons (Fsp3) is 0.545. The smallest absolute Gasteiger partial charge is 0.242 e. The molecule has 1 atom stereocenters. The van der Waals surface area contributed by atoms with Gasteiger partial charge in [0.2, 0.25) is 5.91 Å². The van der Waals surface area contributed by atoms with Crippen LogP contribution in [0.4, 0.5) is 5.82 Å². The summed E-state index contributed by atoms with van der Waals surface area (Å²) >= 11 is 1.53. The molecule has 18 heavy (non-hydrogen) atoms. The van der Waals surface area contributed by atoms with Crippen LogP contribution in [-0.4, -0.2) is 48.4 Å². The van der Waals surface area contributed by atoms with E-state index in [1.807, 2.05) is 12.3 Å². The van der Waals surface area contributed by atoms with E-state index < -0.39 is 0 Å². The van der Waals surface area contributed by atoms with E-state index in [1.54, 1.807) is 14.0 Å². The van der Waals surface area contributed by atoms with Gasteiger partial charge in [-0.05, 0) is 13.2 Å². The van der Waals surface area contributed by atoms with E-state index in [9.17, 15) is 4.79 Å². The highest BCUT2D eigenvalue weighted by Gasteiger charge is 2.12. The topological polar surface area (TPSA) is 76.1 Å². The Balaban J connectivity index is 2.47. The Morgan fingerprint density at radius 3 is 3.00 bits per heavy atom. The van der Waals surface area contributed by atoms with Crippen molar-refractivity contribution in [2.75, 3.05) is 31.8 Å². The second kappa shape index (κ2) is 7.88. The fourth-order valence-electron chi connectivity index (χ4n) is 1.25. The Labute approximate surface area is 111 Å². The third kappa shape index (κ3) is 4.89. The predicted octanol–water partition coefficient (Wildman–Crippen LogP) is 0.761. The molecule has 0 aromatic carbocycles. The minimum atomic E-state index is -0.355. The van der Waals surface area contributed by atoms with Crippen molar-refractivity contribution >= 4 is 23.5 Å². The molecule has 0 radical (unpaired) electrons. The van der Waals surface area contributed by atoms with Gasteiger partial charge in [0.05, 0.1) is 6.61 Å². The Morgan fingerprint density at radius 2 is 2.33 bits per heavy atom. The van der Waals surface area contributed by atoms with Crippen LogP contribution in [0.25, 0.3) is 0 Å². The van der Waals surface area contributed by atoms with Crippen molar-refractivity contribution in [1.29, 1.82) is 0 Å². The molecular formula is C11H18N4O2S. The van der Waals surface area contributed by atoms with Gasteiger partial charge in [-0.15, -0.1) is 11.8 Å². The van der Waals surface area contributed by atoms with Gasteiger partial charge in [-0.3, -0.25) is 4.79 Å². The first kappa shape index (κ1) is 14.7. The van der Waals surface area contributed by atoms with E-state index in [4.69, 9.17) is 4.74 Å². The highest BCUT2D eigenvalue weighted by molar-refractivity contribution is 7.98. The van der Waals surface area contributed by atoms with Crippen molar-refractivity contribution < 1.29 is 9.53 Å². The molecule has 0 aliphatic heterocycles. The lowest BCUT2D eigenvalue weighted by atomic mass is 10.3. The fourth-order valence-corrected chi connectivity index (χ4v) is 1.63. The van der Waals surface area contributed by atoms with Crippen LogP contribution >= 0.6 is 11.8 Å². The number of carbonyl (C=O) groups is 1. The van der Waals surface area contributed by atoms with Crippen LogP contribution in [0.1, 0.15) is 6.92 Å². The maximum atomic E-state index is 11.7. The molecule has 0 aliphatic carbocycles. The third-order valence-corrected chi connectivity index (χ3v) is 2.86. The lowest BCUT2D eigenvalue weighted by Crippen LogP contribution is -2.39. The number of aromatic nitrogens is 2. The average molecular weight is 270 g/mol. The number of anilines is 1. The number of nitrogens with zero attached hydrogens (tertiary/aromatic N) is 2. The normalized spacial score (nSPS) is 11.9. The lowest BCUT2D eigenvalue weighted by Gasteiger charge is -2.14. The summed E-state index contributed by atoms with van der Waals surface area (Å²) in [4.78, 5) is 19.8. The molecule has 6 nitrogen and oxygen atoms in total. The second-order valence-corrected chi connectivity index (χ2v) is 4.42. The van der Waals surface area contributed by atoms with Crippen LogP contribution in [0.2, 0.25) is 0 Å². The zero-order chi connectivity index (χ0) is 13.4. The molecule has 1 unspecified atom stereocenters. The third-order valence-electron chi connectivity index (χ3n) is 2.21. The first-order valence-corrected chi connectivity index (χ1v) is 6.79. The van der Waals surface area contributed by atoms with E-state index in [0.717, 1.165) is 5.03 Å². The lowest BCUT2D eigenvalue weighted by molar-refractivity contribution is -0.121.